The number of carbonyl (C=O) groups excluding carboxylic acids is 1. The second-order valence-corrected chi connectivity index (χ2v) is 4.43. The van der Waals surface area contributed by atoms with E-state index in [0.29, 0.717) is 17.9 Å². The van der Waals surface area contributed by atoms with Gasteiger partial charge in [0.25, 0.3) is 0 Å². The SMILES string of the molecule is C=C(C)C(=O)OCCS.CCSCC. The van der Waals surface area contributed by atoms with E-state index in [-0.39, 0.29) is 5.97 Å². The largest absolute Gasteiger partial charge is 0.461 e. The number of ether oxygens (including phenoxy) is 1. The Morgan fingerprint density at radius 3 is 2.14 bits per heavy atom. The van der Waals surface area contributed by atoms with E-state index in [4.69, 9.17) is 0 Å². The molecule has 0 saturated carbocycles. The molecule has 0 N–H and O–H groups in total. The van der Waals surface area contributed by atoms with Crippen molar-refractivity contribution in [1.82, 2.24) is 0 Å². The van der Waals surface area contributed by atoms with E-state index < -0.39 is 0 Å². The molecule has 0 heterocycles. The zero-order valence-corrected chi connectivity index (χ0v) is 10.9. The van der Waals surface area contributed by atoms with Crippen molar-refractivity contribution in [3.63, 3.8) is 0 Å². The van der Waals surface area contributed by atoms with Crippen LogP contribution in [-0.2, 0) is 9.53 Å². The lowest BCUT2D eigenvalue weighted by Crippen LogP contribution is -2.06. The maximum Gasteiger partial charge on any atom is 0.333 e. The summed E-state index contributed by atoms with van der Waals surface area (Å²) in [4.78, 5) is 10.5. The minimum Gasteiger partial charge on any atom is -0.461 e. The van der Waals surface area contributed by atoms with Crippen LogP contribution >= 0.6 is 24.4 Å². The lowest BCUT2D eigenvalue weighted by molar-refractivity contribution is -0.138. The van der Waals surface area contributed by atoms with Crippen molar-refractivity contribution in [3.05, 3.63) is 12.2 Å². The van der Waals surface area contributed by atoms with Crippen LogP contribution < -0.4 is 0 Å². The molecule has 84 valence electrons. The van der Waals surface area contributed by atoms with Crippen LogP contribution in [0.1, 0.15) is 20.8 Å². The summed E-state index contributed by atoms with van der Waals surface area (Å²) >= 11 is 5.82. The molecule has 0 saturated heterocycles. The van der Waals surface area contributed by atoms with Crippen molar-refractivity contribution in [3.8, 4) is 0 Å². The van der Waals surface area contributed by atoms with E-state index in [1.807, 2.05) is 11.8 Å². The summed E-state index contributed by atoms with van der Waals surface area (Å²) in [5.41, 5.74) is 0.428. The van der Waals surface area contributed by atoms with Crippen LogP contribution in [0.25, 0.3) is 0 Å². The monoisotopic (exact) mass is 236 g/mol. The van der Waals surface area contributed by atoms with Crippen LogP contribution in [0.5, 0.6) is 0 Å². The molecule has 0 bridgehead atoms. The van der Waals surface area contributed by atoms with Crippen molar-refractivity contribution in [1.29, 1.82) is 0 Å². The van der Waals surface area contributed by atoms with Gasteiger partial charge in [0.05, 0.1) is 0 Å². The second kappa shape index (κ2) is 12.9. The van der Waals surface area contributed by atoms with E-state index in [1.54, 1.807) is 6.92 Å². The van der Waals surface area contributed by atoms with Crippen LogP contribution in [0, 0.1) is 0 Å². The van der Waals surface area contributed by atoms with Crippen molar-refractivity contribution < 1.29 is 9.53 Å². The van der Waals surface area contributed by atoms with Gasteiger partial charge in [0.1, 0.15) is 6.61 Å². The van der Waals surface area contributed by atoms with Crippen LogP contribution in [0.2, 0.25) is 0 Å². The summed E-state index contributed by atoms with van der Waals surface area (Å²) in [6.45, 7) is 9.73. The molecule has 0 radical (unpaired) electrons. The highest BCUT2D eigenvalue weighted by Crippen LogP contribution is 1.93. The highest BCUT2D eigenvalue weighted by molar-refractivity contribution is 7.99. The van der Waals surface area contributed by atoms with E-state index in [0.717, 1.165) is 0 Å². The molecule has 14 heavy (non-hydrogen) atoms. The highest BCUT2D eigenvalue weighted by atomic mass is 32.2. The maximum absolute atomic E-state index is 10.5. The minimum absolute atomic E-state index is 0.343. The highest BCUT2D eigenvalue weighted by Gasteiger charge is 1.99. The van der Waals surface area contributed by atoms with Crippen molar-refractivity contribution in [2.45, 2.75) is 20.8 Å². The molecule has 0 aromatic carbocycles. The predicted molar refractivity (Wildman–Crippen MR) is 68.3 cm³/mol. The van der Waals surface area contributed by atoms with Gasteiger partial charge in [0.2, 0.25) is 0 Å². The molecule has 0 aliphatic carbocycles. The summed E-state index contributed by atoms with van der Waals surface area (Å²) in [5.74, 6) is 2.73. The molecule has 0 rings (SSSR count). The quantitative estimate of drug-likeness (QED) is 0.452. The van der Waals surface area contributed by atoms with Crippen LogP contribution in [0.4, 0.5) is 0 Å². The molecule has 0 aromatic heterocycles. The van der Waals surface area contributed by atoms with Gasteiger partial charge in [-0.3, -0.25) is 0 Å². The van der Waals surface area contributed by atoms with Gasteiger partial charge in [-0.25, -0.2) is 4.79 Å². The summed E-state index contributed by atoms with van der Waals surface area (Å²) in [5, 5.41) is 0. The topological polar surface area (TPSA) is 26.3 Å². The van der Waals surface area contributed by atoms with Crippen LogP contribution in [0.3, 0.4) is 0 Å². The van der Waals surface area contributed by atoms with Crippen molar-refractivity contribution in [2.24, 2.45) is 0 Å². The normalized spacial score (nSPS) is 8.57. The summed E-state index contributed by atoms with van der Waals surface area (Å²) in [6, 6.07) is 0. The molecule has 4 heteroatoms. The third-order valence-electron chi connectivity index (χ3n) is 1.08. The zero-order valence-electron chi connectivity index (χ0n) is 9.21. The molecule has 0 aromatic rings. The van der Waals surface area contributed by atoms with Crippen molar-refractivity contribution >= 4 is 30.4 Å². The first kappa shape index (κ1) is 16.3. The molecule has 0 unspecified atom stereocenters. The van der Waals surface area contributed by atoms with Gasteiger partial charge < -0.3 is 4.74 Å². The summed E-state index contributed by atoms with van der Waals surface area (Å²) in [7, 11) is 0. The first-order valence-electron chi connectivity index (χ1n) is 4.61. The van der Waals surface area contributed by atoms with Gasteiger partial charge in [-0.2, -0.15) is 24.4 Å². The molecular weight excluding hydrogens is 216 g/mol. The number of hydrogen-bond acceptors (Lipinski definition) is 4. The Morgan fingerprint density at radius 1 is 1.43 bits per heavy atom. The number of esters is 1. The Kier molecular flexibility index (Phi) is 15.1. The Labute approximate surface area is 96.9 Å². The fourth-order valence-electron chi connectivity index (χ4n) is 0.466. The third-order valence-corrected chi connectivity index (χ3v) is 2.08. The van der Waals surface area contributed by atoms with Gasteiger partial charge in [-0.15, -0.1) is 0 Å². The fraction of sp³-hybridized carbons (Fsp3) is 0.700. The molecule has 2 nitrogen and oxygen atoms in total. The Hall–Kier alpha value is -0.0900. The van der Waals surface area contributed by atoms with Gasteiger partial charge >= 0.3 is 5.97 Å². The number of thiol groups is 1. The smallest absolute Gasteiger partial charge is 0.333 e. The zero-order chi connectivity index (χ0) is 11.4. The first-order valence-corrected chi connectivity index (χ1v) is 6.40. The molecule has 0 fully saturated rings. The lowest BCUT2D eigenvalue weighted by Gasteiger charge is -1.99. The molecule has 0 aliphatic heterocycles. The van der Waals surface area contributed by atoms with E-state index in [2.05, 4.69) is 37.8 Å². The summed E-state index contributed by atoms with van der Waals surface area (Å²) < 4.78 is 4.64. The Bertz CT molecular complexity index is 156. The number of hydrogen-bond donors (Lipinski definition) is 1. The Morgan fingerprint density at radius 2 is 1.93 bits per heavy atom. The molecular formula is C10H20O2S2. The first-order chi connectivity index (χ1) is 6.59. The standard InChI is InChI=1S/C6H10O2S.C4H10S/c1-5(2)6(7)8-3-4-9;1-3-5-4-2/h9H,1,3-4H2,2H3;3-4H2,1-2H3. The molecule has 0 aliphatic rings. The number of carbonyl (C=O) groups is 1. The minimum atomic E-state index is -0.343. The van der Waals surface area contributed by atoms with Gasteiger partial charge in [0, 0.05) is 11.3 Å². The van der Waals surface area contributed by atoms with Crippen LogP contribution in [-0.4, -0.2) is 29.8 Å². The van der Waals surface area contributed by atoms with Gasteiger partial charge in [-0.1, -0.05) is 20.4 Å². The van der Waals surface area contributed by atoms with Gasteiger partial charge in [-0.05, 0) is 18.4 Å². The molecule has 0 spiro atoms. The predicted octanol–water partition coefficient (Wildman–Crippen LogP) is 2.79. The average Bonchev–Trinajstić information content (AvgIpc) is 2.16. The number of rotatable bonds is 5. The average molecular weight is 236 g/mol. The molecule has 0 atom stereocenters. The number of thioether (sulfide) groups is 1. The molecule has 0 amide bonds. The third kappa shape index (κ3) is 14.4. The Balaban J connectivity index is 0. The lowest BCUT2D eigenvalue weighted by atomic mass is 10.4. The van der Waals surface area contributed by atoms with E-state index in [9.17, 15) is 4.79 Å². The summed E-state index contributed by atoms with van der Waals surface area (Å²) in [6.07, 6.45) is 0. The second-order valence-electron chi connectivity index (χ2n) is 2.42. The fourth-order valence-corrected chi connectivity index (χ4v) is 0.965. The maximum atomic E-state index is 10.5. The van der Waals surface area contributed by atoms with Gasteiger partial charge in [0.15, 0.2) is 0 Å². The van der Waals surface area contributed by atoms with Crippen LogP contribution in [0.15, 0.2) is 12.2 Å². The van der Waals surface area contributed by atoms with E-state index >= 15 is 0 Å². The van der Waals surface area contributed by atoms with E-state index in [1.165, 1.54) is 11.5 Å². The van der Waals surface area contributed by atoms with Crippen molar-refractivity contribution in [2.75, 3.05) is 23.9 Å².